The minimum Gasteiger partial charge on any atom is -0.321 e. The highest BCUT2D eigenvalue weighted by Gasteiger charge is 2.11. The summed E-state index contributed by atoms with van der Waals surface area (Å²) in [5.41, 5.74) is 2.09. The van der Waals surface area contributed by atoms with Crippen LogP contribution in [0.1, 0.15) is 29.9 Å². The van der Waals surface area contributed by atoms with E-state index in [1.165, 1.54) is 18.3 Å². The molecule has 0 fully saturated rings. The molecule has 0 saturated carbocycles. The van der Waals surface area contributed by atoms with Gasteiger partial charge in [0.2, 0.25) is 5.91 Å². The number of hydrogen-bond donors (Lipinski definition) is 3. The van der Waals surface area contributed by atoms with E-state index < -0.39 is 0 Å². The van der Waals surface area contributed by atoms with Gasteiger partial charge >= 0.3 is 0 Å². The molecule has 0 aliphatic heterocycles. The first-order valence-corrected chi connectivity index (χ1v) is 7.80. The van der Waals surface area contributed by atoms with E-state index in [4.69, 9.17) is 0 Å². The molecule has 0 aliphatic carbocycles. The molecule has 1 aromatic carbocycles. The molecule has 2 amide bonds. The predicted octanol–water partition coefficient (Wildman–Crippen LogP) is 3.31. The van der Waals surface area contributed by atoms with Crippen molar-refractivity contribution >= 4 is 58.8 Å². The maximum Gasteiger partial charge on any atom is 0.275 e. The number of rotatable bonds is 6. The fraction of sp³-hybridized carbons (Fsp3) is 0.267. The Morgan fingerprint density at radius 1 is 1.21 bits per heavy atom. The fourth-order valence-corrected chi connectivity index (χ4v) is 2.55. The van der Waals surface area contributed by atoms with Crippen LogP contribution in [-0.2, 0) is 11.3 Å². The zero-order valence-corrected chi connectivity index (χ0v) is 15.7. The maximum absolute atomic E-state index is 12.1. The molecule has 1 aromatic heterocycles. The Balaban J connectivity index is 0.00000264. The summed E-state index contributed by atoms with van der Waals surface area (Å²) in [6, 6.07) is 7.64. The second-order valence-corrected chi connectivity index (χ2v) is 5.51. The average molecular weight is 391 g/mol. The first-order valence-electron chi connectivity index (χ1n) is 6.92. The lowest BCUT2D eigenvalue weighted by Gasteiger charge is -2.06. The molecule has 0 spiro atoms. The summed E-state index contributed by atoms with van der Waals surface area (Å²) < 4.78 is 0. The number of nitrogens with one attached hydrogen (secondary N) is 3. The van der Waals surface area contributed by atoms with Crippen LogP contribution in [0.25, 0.3) is 0 Å². The van der Waals surface area contributed by atoms with Gasteiger partial charge in [-0.1, -0.05) is 19.1 Å². The summed E-state index contributed by atoms with van der Waals surface area (Å²) >= 11 is 1.22. The van der Waals surface area contributed by atoms with Crippen molar-refractivity contribution in [2.24, 2.45) is 0 Å². The molecule has 24 heavy (non-hydrogen) atoms. The van der Waals surface area contributed by atoms with Crippen LogP contribution in [0.5, 0.6) is 0 Å². The number of hydrogen-bond acceptors (Lipinski definition) is 5. The Hall–Kier alpha value is -1.67. The SMILES string of the molecule is CCNCc1cccc(NC(=O)c2csc(NC(C)=O)n2)c1.Cl.Cl. The standard InChI is InChI=1S/C15H18N4O2S.2ClH/c1-3-16-8-11-5-4-6-12(7-11)18-14(21)13-9-22-15(19-13)17-10(2)20;;/h4-7,9,16H,3,8H2,1-2H3,(H,18,21)(H,17,19,20);2*1H. The molecule has 0 aliphatic rings. The van der Waals surface area contributed by atoms with Gasteiger partial charge in [0.1, 0.15) is 5.69 Å². The number of amides is 2. The number of anilines is 2. The van der Waals surface area contributed by atoms with Crippen molar-refractivity contribution < 1.29 is 9.59 Å². The normalized spacial score (nSPS) is 9.42. The van der Waals surface area contributed by atoms with E-state index in [0.29, 0.717) is 5.13 Å². The van der Waals surface area contributed by atoms with Gasteiger partial charge in [-0.3, -0.25) is 9.59 Å². The molecule has 9 heteroatoms. The van der Waals surface area contributed by atoms with E-state index in [-0.39, 0.29) is 42.3 Å². The molecular formula is C15H20Cl2N4O2S. The van der Waals surface area contributed by atoms with Gasteiger partial charge in [0.25, 0.3) is 5.91 Å². The molecule has 0 saturated heterocycles. The van der Waals surface area contributed by atoms with Gasteiger partial charge in [-0.2, -0.15) is 0 Å². The Morgan fingerprint density at radius 2 is 1.96 bits per heavy atom. The molecular weight excluding hydrogens is 371 g/mol. The zero-order valence-electron chi connectivity index (χ0n) is 13.3. The van der Waals surface area contributed by atoms with E-state index in [1.54, 1.807) is 5.38 Å². The molecule has 132 valence electrons. The largest absolute Gasteiger partial charge is 0.321 e. The molecule has 2 rings (SSSR count). The van der Waals surface area contributed by atoms with E-state index in [1.807, 2.05) is 31.2 Å². The molecule has 2 aromatic rings. The molecule has 6 nitrogen and oxygen atoms in total. The quantitative estimate of drug-likeness (QED) is 0.706. The smallest absolute Gasteiger partial charge is 0.275 e. The third-order valence-corrected chi connectivity index (χ3v) is 3.54. The van der Waals surface area contributed by atoms with Crippen LogP contribution in [0, 0.1) is 0 Å². The summed E-state index contributed by atoms with van der Waals surface area (Å²) in [6.07, 6.45) is 0. The maximum atomic E-state index is 12.1. The van der Waals surface area contributed by atoms with Gasteiger partial charge in [-0.05, 0) is 24.2 Å². The van der Waals surface area contributed by atoms with Crippen molar-refractivity contribution in [1.29, 1.82) is 0 Å². The van der Waals surface area contributed by atoms with Gasteiger partial charge in [0.15, 0.2) is 5.13 Å². The van der Waals surface area contributed by atoms with Gasteiger partial charge in [-0.25, -0.2) is 4.98 Å². The lowest BCUT2D eigenvalue weighted by atomic mass is 10.2. The highest BCUT2D eigenvalue weighted by atomic mass is 35.5. The molecule has 0 atom stereocenters. The Bertz CT molecular complexity index is 679. The number of nitrogens with zero attached hydrogens (tertiary/aromatic N) is 1. The van der Waals surface area contributed by atoms with Crippen LogP contribution >= 0.6 is 36.2 Å². The number of carbonyl (C=O) groups excluding carboxylic acids is 2. The van der Waals surface area contributed by atoms with Crippen molar-refractivity contribution in [1.82, 2.24) is 10.3 Å². The molecule has 0 radical (unpaired) electrons. The Morgan fingerprint density at radius 3 is 2.62 bits per heavy atom. The second kappa shape index (κ2) is 11.0. The highest BCUT2D eigenvalue weighted by molar-refractivity contribution is 7.14. The van der Waals surface area contributed by atoms with Crippen LogP contribution < -0.4 is 16.0 Å². The minimum absolute atomic E-state index is 0. The Kier molecular flexibility index (Phi) is 10.2. The van der Waals surface area contributed by atoms with E-state index >= 15 is 0 Å². The first-order chi connectivity index (χ1) is 10.6. The number of thiazole rings is 1. The number of carbonyl (C=O) groups is 2. The number of aromatic nitrogens is 1. The highest BCUT2D eigenvalue weighted by Crippen LogP contribution is 2.17. The number of halogens is 2. The molecule has 1 heterocycles. The topological polar surface area (TPSA) is 83.1 Å². The third-order valence-electron chi connectivity index (χ3n) is 2.78. The summed E-state index contributed by atoms with van der Waals surface area (Å²) in [4.78, 5) is 27.2. The van der Waals surface area contributed by atoms with Gasteiger partial charge in [0, 0.05) is 24.5 Å². The molecule has 0 unspecified atom stereocenters. The zero-order chi connectivity index (χ0) is 15.9. The lowest BCUT2D eigenvalue weighted by molar-refractivity contribution is -0.114. The van der Waals surface area contributed by atoms with Crippen molar-refractivity contribution in [3.05, 3.63) is 40.9 Å². The molecule has 3 N–H and O–H groups in total. The summed E-state index contributed by atoms with van der Waals surface area (Å²) in [5, 5.41) is 10.6. The second-order valence-electron chi connectivity index (χ2n) is 4.65. The third kappa shape index (κ3) is 6.84. The summed E-state index contributed by atoms with van der Waals surface area (Å²) in [6.45, 7) is 5.09. The van der Waals surface area contributed by atoms with Crippen LogP contribution in [0.2, 0.25) is 0 Å². The van der Waals surface area contributed by atoms with Gasteiger partial charge < -0.3 is 16.0 Å². The van der Waals surface area contributed by atoms with Gasteiger partial charge in [-0.15, -0.1) is 36.2 Å². The summed E-state index contributed by atoms with van der Waals surface area (Å²) in [7, 11) is 0. The van der Waals surface area contributed by atoms with Crippen molar-refractivity contribution in [2.45, 2.75) is 20.4 Å². The molecule has 0 bridgehead atoms. The summed E-state index contributed by atoms with van der Waals surface area (Å²) in [5.74, 6) is -0.508. The van der Waals surface area contributed by atoms with Crippen LogP contribution in [0.3, 0.4) is 0 Å². The van der Waals surface area contributed by atoms with Crippen molar-refractivity contribution in [2.75, 3.05) is 17.2 Å². The van der Waals surface area contributed by atoms with E-state index in [2.05, 4.69) is 20.9 Å². The van der Waals surface area contributed by atoms with Crippen LogP contribution in [0.15, 0.2) is 29.6 Å². The Labute approximate surface area is 157 Å². The van der Waals surface area contributed by atoms with Gasteiger partial charge in [0.05, 0.1) is 0 Å². The fourth-order valence-electron chi connectivity index (χ4n) is 1.81. The van der Waals surface area contributed by atoms with Crippen LogP contribution in [-0.4, -0.2) is 23.3 Å². The predicted molar refractivity (Wildman–Crippen MR) is 103 cm³/mol. The first kappa shape index (κ1) is 22.3. The lowest BCUT2D eigenvalue weighted by Crippen LogP contribution is -2.14. The number of benzene rings is 1. The van der Waals surface area contributed by atoms with Crippen molar-refractivity contribution in [3.8, 4) is 0 Å². The van der Waals surface area contributed by atoms with Crippen molar-refractivity contribution in [3.63, 3.8) is 0 Å². The minimum atomic E-state index is -0.298. The van der Waals surface area contributed by atoms with E-state index in [9.17, 15) is 9.59 Å². The van der Waals surface area contributed by atoms with E-state index in [0.717, 1.165) is 24.3 Å². The average Bonchev–Trinajstić information content (AvgIpc) is 2.93. The van der Waals surface area contributed by atoms with Crippen LogP contribution in [0.4, 0.5) is 10.8 Å². The monoisotopic (exact) mass is 390 g/mol.